The zero-order valence-electron chi connectivity index (χ0n) is 14.8. The second kappa shape index (κ2) is 9.33. The van der Waals surface area contributed by atoms with Gasteiger partial charge in [-0.1, -0.05) is 34.8 Å². The minimum absolute atomic E-state index is 0.0460. The maximum absolute atomic E-state index is 12.4. The van der Waals surface area contributed by atoms with Crippen LogP contribution in [0.25, 0.3) is 0 Å². The van der Waals surface area contributed by atoms with Gasteiger partial charge in [0.1, 0.15) is 0 Å². The third-order valence-corrected chi connectivity index (χ3v) is 6.12. The summed E-state index contributed by atoms with van der Waals surface area (Å²) in [6.45, 7) is 3.07. The van der Waals surface area contributed by atoms with E-state index in [-0.39, 0.29) is 33.8 Å². The van der Waals surface area contributed by atoms with E-state index in [1.54, 1.807) is 16.2 Å². The third kappa shape index (κ3) is 5.30. The Kier molecular flexibility index (Phi) is 7.06. The molecule has 0 aliphatic carbocycles. The number of rotatable bonds is 5. The van der Waals surface area contributed by atoms with E-state index in [1.807, 2.05) is 12.1 Å². The molecule has 10 heteroatoms. The van der Waals surface area contributed by atoms with Gasteiger partial charge in [0.15, 0.2) is 6.61 Å². The Morgan fingerprint density at radius 2 is 1.82 bits per heavy atom. The minimum Gasteiger partial charge on any atom is -0.452 e. The topological polar surface area (TPSA) is 75.9 Å². The van der Waals surface area contributed by atoms with E-state index in [1.165, 1.54) is 17.0 Å². The first-order valence-corrected chi connectivity index (χ1v) is 10.4. The zero-order chi connectivity index (χ0) is 20.3. The molecular formula is C18H18Cl3N3O3S. The molecule has 2 N–H and O–H groups in total. The number of thiophene rings is 1. The quantitative estimate of drug-likeness (QED) is 0.540. The van der Waals surface area contributed by atoms with Crippen LogP contribution in [-0.2, 0) is 16.1 Å². The number of nitrogen functional groups attached to an aromatic ring is 1. The summed E-state index contributed by atoms with van der Waals surface area (Å²) >= 11 is 19.3. The Morgan fingerprint density at radius 3 is 2.46 bits per heavy atom. The molecule has 2 heterocycles. The molecular weight excluding hydrogens is 445 g/mol. The number of nitrogens with zero attached hydrogens (tertiary/aromatic N) is 2. The smallest absolute Gasteiger partial charge is 0.340 e. The number of ether oxygens (including phenoxy) is 1. The lowest BCUT2D eigenvalue weighted by Crippen LogP contribution is -2.49. The average molecular weight is 463 g/mol. The number of esters is 1. The van der Waals surface area contributed by atoms with Crippen LogP contribution < -0.4 is 5.73 Å². The van der Waals surface area contributed by atoms with Crippen molar-refractivity contribution in [2.24, 2.45) is 0 Å². The van der Waals surface area contributed by atoms with E-state index < -0.39 is 5.97 Å². The maximum Gasteiger partial charge on any atom is 0.340 e. The highest BCUT2D eigenvalue weighted by Gasteiger charge is 2.23. The SMILES string of the molecule is Nc1c(Cl)cc(Cl)cc1C(=O)OCC(=O)N1CCN(Cc2ccc(Cl)s2)CC1. The Morgan fingerprint density at radius 1 is 1.11 bits per heavy atom. The number of piperazine rings is 1. The van der Waals surface area contributed by atoms with Crippen molar-refractivity contribution in [2.75, 3.05) is 38.5 Å². The third-order valence-electron chi connectivity index (χ3n) is 4.37. The molecule has 3 rings (SSSR count). The second-order valence-corrected chi connectivity index (χ2v) is 8.93. The predicted octanol–water partition coefficient (Wildman–Crippen LogP) is 3.79. The van der Waals surface area contributed by atoms with Gasteiger partial charge in [-0.2, -0.15) is 0 Å². The van der Waals surface area contributed by atoms with Gasteiger partial charge in [0.05, 0.1) is 20.6 Å². The summed E-state index contributed by atoms with van der Waals surface area (Å²) in [5.41, 5.74) is 5.90. The Balaban J connectivity index is 1.47. The molecule has 0 atom stereocenters. The van der Waals surface area contributed by atoms with Gasteiger partial charge in [-0.3, -0.25) is 9.69 Å². The fourth-order valence-electron chi connectivity index (χ4n) is 2.86. The number of hydrogen-bond acceptors (Lipinski definition) is 6. The fourth-order valence-corrected chi connectivity index (χ4v) is 4.49. The molecule has 1 aliphatic rings. The first-order chi connectivity index (χ1) is 13.3. The van der Waals surface area contributed by atoms with E-state index in [2.05, 4.69) is 4.90 Å². The first-order valence-electron chi connectivity index (χ1n) is 8.49. The fraction of sp³-hybridized carbons (Fsp3) is 0.333. The molecule has 1 aromatic heterocycles. The number of carbonyl (C=O) groups is 2. The largest absolute Gasteiger partial charge is 0.452 e. The van der Waals surface area contributed by atoms with Crippen molar-refractivity contribution in [1.29, 1.82) is 0 Å². The molecule has 28 heavy (non-hydrogen) atoms. The molecule has 1 aromatic carbocycles. The van der Waals surface area contributed by atoms with Gasteiger partial charge in [-0.15, -0.1) is 11.3 Å². The second-order valence-electron chi connectivity index (χ2n) is 6.29. The lowest BCUT2D eigenvalue weighted by atomic mass is 10.2. The Hall–Kier alpha value is -1.51. The van der Waals surface area contributed by atoms with Gasteiger partial charge < -0.3 is 15.4 Å². The zero-order valence-corrected chi connectivity index (χ0v) is 17.9. The number of carbonyl (C=O) groups excluding carboxylic acids is 2. The number of benzene rings is 1. The summed E-state index contributed by atoms with van der Waals surface area (Å²) in [5.74, 6) is -0.984. The average Bonchev–Trinajstić information content (AvgIpc) is 3.07. The number of halogens is 3. The van der Waals surface area contributed by atoms with E-state index in [9.17, 15) is 9.59 Å². The van der Waals surface area contributed by atoms with Gasteiger partial charge >= 0.3 is 5.97 Å². The molecule has 0 spiro atoms. The van der Waals surface area contributed by atoms with Crippen LogP contribution in [0.5, 0.6) is 0 Å². The molecule has 0 radical (unpaired) electrons. The molecule has 1 saturated heterocycles. The number of hydrogen-bond donors (Lipinski definition) is 1. The predicted molar refractivity (Wildman–Crippen MR) is 112 cm³/mol. The maximum atomic E-state index is 12.4. The van der Waals surface area contributed by atoms with Crippen LogP contribution in [0.15, 0.2) is 24.3 Å². The van der Waals surface area contributed by atoms with E-state index >= 15 is 0 Å². The van der Waals surface area contributed by atoms with Crippen molar-refractivity contribution in [3.63, 3.8) is 0 Å². The summed E-state index contributed by atoms with van der Waals surface area (Å²) < 4.78 is 5.88. The molecule has 0 saturated carbocycles. The molecule has 1 amide bonds. The van der Waals surface area contributed by atoms with Crippen molar-refractivity contribution in [2.45, 2.75) is 6.54 Å². The minimum atomic E-state index is -0.733. The van der Waals surface area contributed by atoms with Crippen LogP contribution in [0.2, 0.25) is 14.4 Å². The summed E-state index contributed by atoms with van der Waals surface area (Å²) in [7, 11) is 0. The first kappa shape index (κ1) is 21.2. The standard InChI is InChI=1S/C18H18Cl3N3O3S/c19-11-7-13(17(22)14(20)8-11)18(26)27-10-16(25)24-5-3-23(4-6-24)9-12-1-2-15(21)28-12/h1-2,7-8H,3-6,9-10,22H2. The van der Waals surface area contributed by atoms with Gasteiger partial charge in [0, 0.05) is 42.6 Å². The van der Waals surface area contributed by atoms with Gasteiger partial charge in [0.2, 0.25) is 0 Å². The lowest BCUT2D eigenvalue weighted by Gasteiger charge is -2.34. The van der Waals surface area contributed by atoms with Crippen molar-refractivity contribution in [3.05, 3.63) is 49.1 Å². The van der Waals surface area contributed by atoms with E-state index in [4.69, 9.17) is 45.3 Å². The van der Waals surface area contributed by atoms with Crippen molar-refractivity contribution in [3.8, 4) is 0 Å². The molecule has 0 unspecified atom stereocenters. The molecule has 2 aromatic rings. The highest BCUT2D eigenvalue weighted by Crippen LogP contribution is 2.28. The summed E-state index contributed by atoms with van der Waals surface area (Å²) in [6.07, 6.45) is 0. The van der Waals surface area contributed by atoms with Crippen molar-refractivity contribution >= 4 is 63.7 Å². The van der Waals surface area contributed by atoms with Crippen molar-refractivity contribution in [1.82, 2.24) is 9.80 Å². The molecule has 1 aliphatic heterocycles. The van der Waals surface area contributed by atoms with Gasteiger partial charge in [0.25, 0.3) is 5.91 Å². The normalized spacial score (nSPS) is 14.9. The monoisotopic (exact) mass is 461 g/mol. The highest BCUT2D eigenvalue weighted by molar-refractivity contribution is 7.16. The Labute approximate surface area is 181 Å². The van der Waals surface area contributed by atoms with E-state index in [0.717, 1.165) is 24.0 Å². The van der Waals surface area contributed by atoms with Crippen LogP contribution in [-0.4, -0.2) is 54.5 Å². The highest BCUT2D eigenvalue weighted by atomic mass is 35.5. The van der Waals surface area contributed by atoms with Crippen LogP contribution in [0.3, 0.4) is 0 Å². The molecule has 150 valence electrons. The van der Waals surface area contributed by atoms with Gasteiger partial charge in [-0.05, 0) is 24.3 Å². The number of anilines is 1. The van der Waals surface area contributed by atoms with Crippen LogP contribution >= 0.6 is 46.1 Å². The molecule has 6 nitrogen and oxygen atoms in total. The van der Waals surface area contributed by atoms with E-state index in [0.29, 0.717) is 13.1 Å². The number of nitrogens with two attached hydrogens (primary N) is 1. The van der Waals surface area contributed by atoms with Gasteiger partial charge in [-0.25, -0.2) is 4.79 Å². The van der Waals surface area contributed by atoms with Crippen LogP contribution in [0, 0.1) is 0 Å². The van der Waals surface area contributed by atoms with Crippen LogP contribution in [0.4, 0.5) is 5.69 Å². The molecule has 0 bridgehead atoms. The summed E-state index contributed by atoms with van der Waals surface area (Å²) in [5, 5.41) is 0.426. The van der Waals surface area contributed by atoms with Crippen molar-refractivity contribution < 1.29 is 14.3 Å². The Bertz CT molecular complexity index is 882. The summed E-state index contributed by atoms with van der Waals surface area (Å²) in [4.78, 5) is 29.7. The van der Waals surface area contributed by atoms with Crippen LogP contribution in [0.1, 0.15) is 15.2 Å². The lowest BCUT2D eigenvalue weighted by molar-refractivity contribution is -0.136. The molecule has 1 fully saturated rings. The number of amides is 1. The summed E-state index contributed by atoms with van der Waals surface area (Å²) in [6, 6.07) is 6.70.